The maximum atomic E-state index is 10.9. The van der Waals surface area contributed by atoms with Crippen molar-refractivity contribution in [1.29, 1.82) is 0 Å². The number of hydrogen-bond donors (Lipinski definition) is 1. The van der Waals surface area contributed by atoms with Crippen LogP contribution in [-0.2, 0) is 20.1 Å². The Hall–Kier alpha value is -1.73. The van der Waals surface area contributed by atoms with Gasteiger partial charge in [0.1, 0.15) is 0 Å². The van der Waals surface area contributed by atoms with Crippen molar-refractivity contribution >= 4 is 0 Å². The molecular formula is C18H28N6O. The van der Waals surface area contributed by atoms with E-state index in [0.717, 1.165) is 19.5 Å². The molecule has 7 heteroatoms. The van der Waals surface area contributed by atoms with E-state index in [1.807, 2.05) is 17.9 Å². The first-order valence-corrected chi connectivity index (χ1v) is 9.43. The number of likely N-dealkylation sites (tertiary alicyclic amines) is 1. The molecule has 1 saturated heterocycles. The molecule has 1 saturated carbocycles. The second kappa shape index (κ2) is 6.88. The minimum atomic E-state index is -0.721. The lowest BCUT2D eigenvalue weighted by molar-refractivity contribution is 0.0274. The summed E-state index contributed by atoms with van der Waals surface area (Å²) in [6.07, 6.45) is 12.9. The van der Waals surface area contributed by atoms with Gasteiger partial charge in [0.05, 0.1) is 24.0 Å². The summed E-state index contributed by atoms with van der Waals surface area (Å²) in [5.74, 6) is 0.613. The zero-order valence-corrected chi connectivity index (χ0v) is 15.0. The topological polar surface area (TPSA) is 72.0 Å². The second-order valence-electron chi connectivity index (χ2n) is 7.83. The third-order valence-electron chi connectivity index (χ3n) is 5.66. The van der Waals surface area contributed by atoms with Crippen LogP contribution >= 0.6 is 0 Å². The molecule has 0 spiro atoms. The summed E-state index contributed by atoms with van der Waals surface area (Å²) >= 11 is 0. The van der Waals surface area contributed by atoms with E-state index < -0.39 is 5.60 Å². The van der Waals surface area contributed by atoms with Gasteiger partial charge in [0, 0.05) is 50.6 Å². The van der Waals surface area contributed by atoms with Crippen LogP contribution in [0.3, 0.4) is 0 Å². The van der Waals surface area contributed by atoms with Crippen molar-refractivity contribution in [3.05, 3.63) is 29.8 Å². The van der Waals surface area contributed by atoms with Crippen molar-refractivity contribution in [2.24, 2.45) is 7.05 Å². The number of nitrogens with zero attached hydrogens (tertiary/aromatic N) is 6. The van der Waals surface area contributed by atoms with Gasteiger partial charge in [0.25, 0.3) is 0 Å². The molecule has 1 N–H and O–H groups in total. The summed E-state index contributed by atoms with van der Waals surface area (Å²) in [5, 5.41) is 23.5. The number of rotatable bonds is 5. The number of β-amino-alcohol motifs (C(OH)–C–C–N with tert-alkyl or cyclic N) is 1. The number of aliphatic hydroxyl groups is 1. The van der Waals surface area contributed by atoms with Crippen molar-refractivity contribution < 1.29 is 5.11 Å². The molecule has 4 rings (SSSR count). The lowest BCUT2D eigenvalue weighted by atomic mass is 9.85. The molecule has 1 unspecified atom stereocenters. The standard InChI is InChI=1S/C18H28N6O/c1-22-11-16(17(20-22)15-5-3-2-4-6-15)12-23-9-7-18(25,13-23)14-24-10-8-19-21-24/h8,10-11,15,25H,2-7,9,12-14H2,1H3. The van der Waals surface area contributed by atoms with Gasteiger partial charge in [0.2, 0.25) is 0 Å². The van der Waals surface area contributed by atoms with Crippen LogP contribution in [0.1, 0.15) is 55.7 Å². The van der Waals surface area contributed by atoms with E-state index in [4.69, 9.17) is 5.10 Å². The fourth-order valence-corrected chi connectivity index (χ4v) is 4.46. The predicted molar refractivity (Wildman–Crippen MR) is 93.9 cm³/mol. The van der Waals surface area contributed by atoms with E-state index in [0.29, 0.717) is 19.0 Å². The first kappa shape index (κ1) is 16.7. The largest absolute Gasteiger partial charge is 0.387 e. The summed E-state index contributed by atoms with van der Waals surface area (Å²) in [4.78, 5) is 2.35. The minimum Gasteiger partial charge on any atom is -0.387 e. The van der Waals surface area contributed by atoms with E-state index in [9.17, 15) is 5.11 Å². The van der Waals surface area contributed by atoms with Gasteiger partial charge in [0.15, 0.2) is 0 Å². The third-order valence-corrected chi connectivity index (χ3v) is 5.66. The first-order valence-electron chi connectivity index (χ1n) is 9.43. The summed E-state index contributed by atoms with van der Waals surface area (Å²) < 4.78 is 3.68. The van der Waals surface area contributed by atoms with Crippen molar-refractivity contribution in [3.8, 4) is 0 Å². The molecule has 1 aliphatic heterocycles. The Labute approximate surface area is 148 Å². The summed E-state index contributed by atoms with van der Waals surface area (Å²) in [7, 11) is 2.01. The molecule has 0 amide bonds. The van der Waals surface area contributed by atoms with E-state index in [1.54, 1.807) is 10.9 Å². The minimum absolute atomic E-state index is 0.506. The lowest BCUT2D eigenvalue weighted by Gasteiger charge is -2.24. The second-order valence-corrected chi connectivity index (χ2v) is 7.83. The zero-order valence-electron chi connectivity index (χ0n) is 15.0. The molecule has 7 nitrogen and oxygen atoms in total. The van der Waals surface area contributed by atoms with Crippen LogP contribution in [0.5, 0.6) is 0 Å². The number of aryl methyl sites for hydroxylation is 1. The van der Waals surface area contributed by atoms with Gasteiger partial charge in [-0.25, -0.2) is 4.68 Å². The summed E-state index contributed by atoms with van der Waals surface area (Å²) in [6, 6.07) is 0. The lowest BCUT2D eigenvalue weighted by Crippen LogP contribution is -2.37. The Morgan fingerprint density at radius 3 is 2.88 bits per heavy atom. The third kappa shape index (κ3) is 3.77. The average Bonchev–Trinajstić information content (AvgIpc) is 3.31. The van der Waals surface area contributed by atoms with Gasteiger partial charge in [-0.1, -0.05) is 24.5 Å². The number of aromatic nitrogens is 5. The van der Waals surface area contributed by atoms with E-state index in [1.165, 1.54) is 43.4 Å². The highest BCUT2D eigenvalue weighted by Crippen LogP contribution is 2.34. The molecule has 0 aromatic carbocycles. The normalized spacial score (nSPS) is 25.7. The van der Waals surface area contributed by atoms with Crippen LogP contribution in [-0.4, -0.2) is 53.5 Å². The Bertz CT molecular complexity index is 690. The summed E-state index contributed by atoms with van der Waals surface area (Å²) in [5.41, 5.74) is 1.90. The molecule has 25 heavy (non-hydrogen) atoms. The van der Waals surface area contributed by atoms with Crippen molar-refractivity contribution in [2.45, 2.75) is 63.1 Å². The Morgan fingerprint density at radius 2 is 2.12 bits per heavy atom. The van der Waals surface area contributed by atoms with Crippen LogP contribution in [0.15, 0.2) is 18.6 Å². The molecule has 136 valence electrons. The van der Waals surface area contributed by atoms with Gasteiger partial charge in [-0.3, -0.25) is 9.58 Å². The SMILES string of the molecule is Cn1cc(CN2CCC(O)(Cn3ccnn3)C2)c(C2CCCCC2)n1. The van der Waals surface area contributed by atoms with E-state index in [2.05, 4.69) is 21.4 Å². The Morgan fingerprint density at radius 1 is 1.28 bits per heavy atom. The van der Waals surface area contributed by atoms with Crippen LogP contribution in [0.25, 0.3) is 0 Å². The van der Waals surface area contributed by atoms with Crippen molar-refractivity contribution in [1.82, 2.24) is 29.7 Å². The molecule has 0 bridgehead atoms. The quantitative estimate of drug-likeness (QED) is 0.894. The van der Waals surface area contributed by atoms with Gasteiger partial charge >= 0.3 is 0 Å². The molecule has 1 atom stereocenters. The fraction of sp³-hybridized carbons (Fsp3) is 0.722. The molecule has 1 aliphatic carbocycles. The molecule has 0 radical (unpaired) electrons. The van der Waals surface area contributed by atoms with Crippen molar-refractivity contribution in [3.63, 3.8) is 0 Å². The number of hydrogen-bond acceptors (Lipinski definition) is 5. The average molecular weight is 344 g/mol. The van der Waals surface area contributed by atoms with Crippen LogP contribution in [0, 0.1) is 0 Å². The Kier molecular flexibility index (Phi) is 4.60. The highest BCUT2D eigenvalue weighted by Gasteiger charge is 2.37. The monoisotopic (exact) mass is 344 g/mol. The van der Waals surface area contributed by atoms with E-state index >= 15 is 0 Å². The predicted octanol–water partition coefficient (Wildman–Crippen LogP) is 1.70. The van der Waals surface area contributed by atoms with Crippen LogP contribution in [0.4, 0.5) is 0 Å². The van der Waals surface area contributed by atoms with Crippen LogP contribution < -0.4 is 0 Å². The molecule has 2 aromatic rings. The summed E-state index contributed by atoms with van der Waals surface area (Å²) in [6.45, 7) is 2.96. The molecular weight excluding hydrogens is 316 g/mol. The van der Waals surface area contributed by atoms with Gasteiger partial charge < -0.3 is 5.11 Å². The maximum Gasteiger partial charge on any atom is 0.0981 e. The van der Waals surface area contributed by atoms with Crippen LogP contribution in [0.2, 0.25) is 0 Å². The smallest absolute Gasteiger partial charge is 0.0981 e. The Balaban J connectivity index is 1.43. The highest BCUT2D eigenvalue weighted by atomic mass is 16.3. The molecule has 2 fully saturated rings. The first-order chi connectivity index (χ1) is 12.1. The van der Waals surface area contributed by atoms with Gasteiger partial charge in [-0.15, -0.1) is 5.10 Å². The molecule has 3 heterocycles. The molecule has 2 aliphatic rings. The highest BCUT2D eigenvalue weighted by molar-refractivity contribution is 5.22. The van der Waals surface area contributed by atoms with Crippen molar-refractivity contribution in [2.75, 3.05) is 13.1 Å². The zero-order chi connectivity index (χ0) is 17.3. The molecule has 2 aromatic heterocycles. The van der Waals surface area contributed by atoms with Gasteiger partial charge in [-0.05, 0) is 19.3 Å². The maximum absolute atomic E-state index is 10.9. The van der Waals surface area contributed by atoms with Gasteiger partial charge in [-0.2, -0.15) is 5.10 Å². The fourth-order valence-electron chi connectivity index (χ4n) is 4.46. The van der Waals surface area contributed by atoms with E-state index in [-0.39, 0.29) is 0 Å².